The Bertz CT molecular complexity index is 478. The minimum atomic E-state index is 0. The number of aliphatic hydroxyl groups excluding tert-OH is 2. The molecule has 1 aliphatic carbocycles. The van der Waals surface area contributed by atoms with Gasteiger partial charge in [-0.1, -0.05) is 81.3 Å². The van der Waals surface area contributed by atoms with Crippen LogP contribution >= 0.6 is 24.4 Å². The van der Waals surface area contributed by atoms with Crippen LogP contribution in [0, 0.1) is 0 Å². The van der Waals surface area contributed by atoms with Gasteiger partial charge in [0.2, 0.25) is 0 Å². The molecule has 1 rings (SSSR count). The van der Waals surface area contributed by atoms with Gasteiger partial charge in [-0.2, -0.15) is 0 Å². The van der Waals surface area contributed by atoms with E-state index in [2.05, 4.69) is 42.4 Å². The molecule has 1 fully saturated rings. The summed E-state index contributed by atoms with van der Waals surface area (Å²) in [7, 11) is 0. The molecule has 0 spiro atoms. The topological polar surface area (TPSA) is 50.2 Å². The minimum absolute atomic E-state index is 0. The first-order valence-corrected chi connectivity index (χ1v) is 16.3. The SMILES string of the molecule is CCCCN(CCCC)C(=S)[S-].CCCCN(CCCC)C(=S)[S-].OCCN(CCO)C1CCCCC1.[Ni+2]. The molecule has 1 aliphatic rings. The molecule has 0 bridgehead atoms. The molecule has 0 atom stereocenters. The number of aliphatic hydroxyl groups is 2. The zero-order valence-electron chi connectivity index (χ0n) is 24.6. The van der Waals surface area contributed by atoms with Crippen molar-refractivity contribution >= 4 is 58.3 Å². The molecule has 0 aromatic carbocycles. The van der Waals surface area contributed by atoms with Crippen LogP contribution < -0.4 is 0 Å². The van der Waals surface area contributed by atoms with E-state index in [0.29, 0.717) is 27.8 Å². The van der Waals surface area contributed by atoms with Crippen molar-refractivity contribution in [1.82, 2.24) is 14.7 Å². The Labute approximate surface area is 268 Å². The first-order chi connectivity index (χ1) is 17.8. The number of thiocarbonyl (C=S) groups is 2. The Hall–Kier alpha value is 0.594. The molecule has 0 unspecified atom stereocenters. The summed E-state index contributed by atoms with van der Waals surface area (Å²) in [4.78, 5) is 6.49. The molecule has 0 heterocycles. The first kappa shape index (κ1) is 43.1. The normalized spacial score (nSPS) is 12.9. The fourth-order valence-corrected chi connectivity index (χ4v) is 4.89. The molecule has 0 aromatic rings. The second-order valence-corrected chi connectivity index (χ2v) is 11.8. The van der Waals surface area contributed by atoms with E-state index in [1.165, 1.54) is 83.5 Å². The summed E-state index contributed by atoms with van der Waals surface area (Å²) < 4.78 is 1.27. The number of hydrogen-bond acceptors (Lipinski definition) is 7. The third kappa shape index (κ3) is 25.6. The summed E-state index contributed by atoms with van der Waals surface area (Å²) in [6.07, 6.45) is 16.0. The molecule has 1 saturated carbocycles. The fourth-order valence-electron chi connectivity index (χ4n) is 4.16. The smallest absolute Gasteiger partial charge is 0.411 e. The Kier molecular flexibility index (Phi) is 36.4. The van der Waals surface area contributed by atoms with Crippen LogP contribution in [0.5, 0.6) is 0 Å². The predicted octanol–water partition coefficient (Wildman–Crippen LogP) is 6.04. The van der Waals surface area contributed by atoms with E-state index in [-0.39, 0.29) is 29.7 Å². The predicted molar refractivity (Wildman–Crippen MR) is 175 cm³/mol. The van der Waals surface area contributed by atoms with Gasteiger partial charge in [0.1, 0.15) is 0 Å². The zero-order valence-corrected chi connectivity index (χ0v) is 28.9. The third-order valence-electron chi connectivity index (χ3n) is 6.51. The molecule has 2 N–H and O–H groups in total. The van der Waals surface area contributed by atoms with Crippen LogP contribution in [0.1, 0.15) is 111 Å². The third-order valence-corrected chi connectivity index (χ3v) is 7.54. The van der Waals surface area contributed by atoms with Crippen molar-refractivity contribution in [3.05, 3.63) is 0 Å². The van der Waals surface area contributed by atoms with Gasteiger partial charge in [0.15, 0.2) is 0 Å². The van der Waals surface area contributed by atoms with E-state index < -0.39 is 0 Å². The van der Waals surface area contributed by atoms with Crippen LogP contribution in [0.15, 0.2) is 0 Å². The maximum absolute atomic E-state index is 8.87. The average Bonchev–Trinajstić information content (AvgIpc) is 2.89. The van der Waals surface area contributed by atoms with Crippen LogP contribution in [-0.2, 0) is 41.7 Å². The monoisotopic (exact) mass is 653 g/mol. The van der Waals surface area contributed by atoms with Crippen LogP contribution in [0.25, 0.3) is 0 Å². The van der Waals surface area contributed by atoms with Crippen molar-refractivity contribution in [2.75, 3.05) is 52.5 Å². The summed E-state index contributed by atoms with van der Waals surface area (Å²) in [5.41, 5.74) is 0. The largest absolute Gasteiger partial charge is 2.00 e. The van der Waals surface area contributed by atoms with Gasteiger partial charge in [-0.05, 0) is 38.5 Å². The zero-order chi connectivity index (χ0) is 28.3. The molecule has 0 radical (unpaired) electrons. The number of hydrogen-bond donors (Lipinski definition) is 2. The quantitative estimate of drug-likeness (QED) is 0.111. The second-order valence-electron chi connectivity index (χ2n) is 9.70. The molecule has 0 aliphatic heterocycles. The van der Waals surface area contributed by atoms with Crippen molar-refractivity contribution in [3.8, 4) is 0 Å². The van der Waals surface area contributed by atoms with E-state index in [1.54, 1.807) is 0 Å². The Morgan fingerprint density at radius 3 is 1.18 bits per heavy atom. The first-order valence-electron chi connectivity index (χ1n) is 14.7. The van der Waals surface area contributed by atoms with E-state index in [4.69, 9.17) is 59.9 Å². The van der Waals surface area contributed by atoms with E-state index in [9.17, 15) is 0 Å². The van der Waals surface area contributed by atoms with Gasteiger partial charge in [-0.15, -0.1) is 0 Å². The Morgan fingerprint density at radius 1 is 0.632 bits per heavy atom. The van der Waals surface area contributed by atoms with Crippen LogP contribution in [0.2, 0.25) is 0 Å². The van der Waals surface area contributed by atoms with Gasteiger partial charge in [0, 0.05) is 45.3 Å². The second kappa shape index (κ2) is 32.1. The molecule has 0 aromatic heterocycles. The number of unbranched alkanes of at least 4 members (excludes halogenated alkanes) is 4. The van der Waals surface area contributed by atoms with Crippen molar-refractivity contribution < 1.29 is 26.7 Å². The standard InChI is InChI=1S/C10H21NO2.2C9H19NS2.Ni/c12-8-6-11(7-9-13)10-4-2-1-3-5-10;2*1-3-5-7-10(9(11)12)8-6-4-2;/h10,12-13H,1-9H2;2*3-8H2,1-2H3,(H,11,12);/q;;;+2/p-2. The van der Waals surface area contributed by atoms with Gasteiger partial charge in [0.25, 0.3) is 0 Å². The minimum Gasteiger partial charge on any atom is -0.411 e. The van der Waals surface area contributed by atoms with Crippen molar-refractivity contribution in [1.29, 1.82) is 0 Å². The van der Waals surface area contributed by atoms with Gasteiger partial charge in [0.05, 0.1) is 13.2 Å². The molecular formula is C28H57N3NiO2S4. The van der Waals surface area contributed by atoms with Crippen molar-refractivity contribution in [2.24, 2.45) is 0 Å². The molecule has 38 heavy (non-hydrogen) atoms. The van der Waals surface area contributed by atoms with Crippen LogP contribution in [-0.4, -0.2) is 92.1 Å². The Morgan fingerprint density at radius 2 is 0.947 bits per heavy atom. The molecule has 0 saturated heterocycles. The van der Waals surface area contributed by atoms with Crippen molar-refractivity contribution in [3.63, 3.8) is 0 Å². The molecule has 0 amide bonds. The number of nitrogens with zero attached hydrogens (tertiary/aromatic N) is 3. The maximum Gasteiger partial charge on any atom is 2.00 e. The maximum atomic E-state index is 8.87. The van der Waals surface area contributed by atoms with Gasteiger partial charge in [-0.3, -0.25) is 4.90 Å². The van der Waals surface area contributed by atoms with E-state index >= 15 is 0 Å². The molecule has 10 heteroatoms. The van der Waals surface area contributed by atoms with Crippen molar-refractivity contribution in [2.45, 2.75) is 117 Å². The summed E-state index contributed by atoms with van der Waals surface area (Å²) in [6, 6.07) is 0.605. The molecular weight excluding hydrogens is 597 g/mol. The average molecular weight is 655 g/mol. The van der Waals surface area contributed by atoms with Gasteiger partial charge < -0.3 is 69.7 Å². The van der Waals surface area contributed by atoms with Crippen LogP contribution in [0.3, 0.4) is 0 Å². The van der Waals surface area contributed by atoms with Gasteiger partial charge in [-0.25, -0.2) is 0 Å². The van der Waals surface area contributed by atoms with Crippen LogP contribution in [0.4, 0.5) is 0 Å². The summed E-state index contributed by atoms with van der Waals surface area (Å²) in [6.45, 7) is 14.7. The van der Waals surface area contributed by atoms with E-state index in [0.717, 1.165) is 26.2 Å². The molecule has 5 nitrogen and oxygen atoms in total. The van der Waals surface area contributed by atoms with Gasteiger partial charge >= 0.3 is 16.5 Å². The fraction of sp³-hybridized carbons (Fsp3) is 0.929. The summed E-state index contributed by atoms with van der Waals surface area (Å²) in [5, 5.41) is 17.7. The molecule has 230 valence electrons. The number of rotatable bonds is 17. The van der Waals surface area contributed by atoms with E-state index in [1.807, 2.05) is 0 Å². The Balaban J connectivity index is -0.000000478. The summed E-state index contributed by atoms with van der Waals surface area (Å²) in [5.74, 6) is 0. The summed E-state index contributed by atoms with van der Waals surface area (Å²) >= 11 is 19.9.